The first-order chi connectivity index (χ1) is 12.2. The van der Waals surface area contributed by atoms with Crippen molar-refractivity contribution in [1.29, 1.82) is 0 Å². The van der Waals surface area contributed by atoms with Gasteiger partial charge in [0.15, 0.2) is 0 Å². The van der Waals surface area contributed by atoms with Crippen LogP contribution in [0, 0.1) is 5.92 Å². The molecule has 2 fully saturated rings. The summed E-state index contributed by atoms with van der Waals surface area (Å²) < 4.78 is 11.3. The number of rotatable bonds is 7. The third-order valence-corrected chi connectivity index (χ3v) is 5.36. The van der Waals surface area contributed by atoms with Crippen LogP contribution >= 0.6 is 0 Å². The molecule has 2 aliphatic rings. The molecular formula is C20H32N2O3. The van der Waals surface area contributed by atoms with Crippen molar-refractivity contribution in [2.75, 3.05) is 38.2 Å². The Labute approximate surface area is 151 Å². The highest BCUT2D eigenvalue weighted by Crippen LogP contribution is 2.27. The number of hydrogen-bond donors (Lipinski definition) is 2. The molecule has 2 N–H and O–H groups in total. The summed E-state index contributed by atoms with van der Waals surface area (Å²) in [5, 5.41) is 13.2. The normalized spacial score (nSPS) is 27.4. The van der Waals surface area contributed by atoms with Gasteiger partial charge in [0.25, 0.3) is 0 Å². The fourth-order valence-corrected chi connectivity index (χ4v) is 3.99. The Balaban J connectivity index is 1.54. The van der Waals surface area contributed by atoms with Gasteiger partial charge in [0, 0.05) is 43.5 Å². The predicted molar refractivity (Wildman–Crippen MR) is 100 cm³/mol. The number of nitrogens with zero attached hydrogens (tertiary/aromatic N) is 1. The number of ether oxygens (including phenoxy) is 2. The molecule has 0 bridgehead atoms. The summed E-state index contributed by atoms with van der Waals surface area (Å²) in [6.45, 7) is 9.13. The first kappa shape index (κ1) is 18.5. The Morgan fingerprint density at radius 2 is 2.24 bits per heavy atom. The third-order valence-electron chi connectivity index (χ3n) is 5.36. The van der Waals surface area contributed by atoms with Crippen LogP contribution in [0.3, 0.4) is 0 Å². The molecule has 0 aromatic heterocycles. The smallest absolute Gasteiger partial charge is 0.124 e. The van der Waals surface area contributed by atoms with E-state index in [4.69, 9.17) is 9.47 Å². The van der Waals surface area contributed by atoms with Crippen LogP contribution in [0.2, 0.25) is 0 Å². The van der Waals surface area contributed by atoms with E-state index in [9.17, 15) is 5.11 Å². The maximum absolute atomic E-state index is 9.57. The zero-order valence-electron chi connectivity index (χ0n) is 15.5. The number of aliphatic hydroxyl groups is 1. The van der Waals surface area contributed by atoms with Gasteiger partial charge in [-0.3, -0.25) is 0 Å². The molecule has 140 valence electrons. The second kappa shape index (κ2) is 8.88. The average molecular weight is 348 g/mol. The van der Waals surface area contributed by atoms with Gasteiger partial charge in [-0.1, -0.05) is 6.92 Å². The monoisotopic (exact) mass is 348 g/mol. The van der Waals surface area contributed by atoms with Crippen molar-refractivity contribution in [2.24, 2.45) is 5.92 Å². The number of hydrogen-bond acceptors (Lipinski definition) is 5. The number of nitrogens with one attached hydrogen (secondary N) is 1. The molecule has 0 saturated carbocycles. The van der Waals surface area contributed by atoms with E-state index in [1.54, 1.807) is 0 Å². The highest BCUT2D eigenvalue weighted by Gasteiger charge is 2.28. The zero-order valence-corrected chi connectivity index (χ0v) is 15.5. The zero-order chi connectivity index (χ0) is 17.6. The Morgan fingerprint density at radius 1 is 1.36 bits per heavy atom. The summed E-state index contributed by atoms with van der Waals surface area (Å²) in [5.74, 6) is 1.36. The lowest BCUT2D eigenvalue weighted by atomic mass is 9.93. The molecule has 25 heavy (non-hydrogen) atoms. The molecular weight excluding hydrogens is 316 g/mol. The fourth-order valence-electron chi connectivity index (χ4n) is 3.99. The summed E-state index contributed by atoms with van der Waals surface area (Å²) in [5.41, 5.74) is 1.91. The van der Waals surface area contributed by atoms with Gasteiger partial charge in [0.1, 0.15) is 5.75 Å². The van der Waals surface area contributed by atoms with Crippen LogP contribution in [0.4, 0.5) is 5.69 Å². The minimum Gasteiger partial charge on any atom is -0.494 e. The van der Waals surface area contributed by atoms with E-state index < -0.39 is 0 Å². The fraction of sp³-hybridized carbons (Fsp3) is 0.700. The first-order valence-corrected chi connectivity index (χ1v) is 9.66. The van der Waals surface area contributed by atoms with Crippen molar-refractivity contribution in [3.63, 3.8) is 0 Å². The summed E-state index contributed by atoms with van der Waals surface area (Å²) in [4.78, 5) is 2.55. The van der Waals surface area contributed by atoms with Crippen LogP contribution in [0.25, 0.3) is 0 Å². The summed E-state index contributed by atoms with van der Waals surface area (Å²) >= 11 is 0. The Bertz CT molecular complexity index is 546. The Kier molecular flexibility index (Phi) is 6.57. The van der Waals surface area contributed by atoms with E-state index >= 15 is 0 Å². The van der Waals surface area contributed by atoms with Crippen LogP contribution in [-0.2, 0) is 11.3 Å². The van der Waals surface area contributed by atoms with E-state index in [1.165, 1.54) is 12.8 Å². The van der Waals surface area contributed by atoms with Gasteiger partial charge >= 0.3 is 0 Å². The highest BCUT2D eigenvalue weighted by molar-refractivity contribution is 5.51. The summed E-state index contributed by atoms with van der Waals surface area (Å²) in [6.07, 6.45) is 4.00. The Hall–Kier alpha value is -1.30. The number of likely N-dealkylation sites (tertiary alicyclic amines) is 1. The molecule has 2 aliphatic heterocycles. The topological polar surface area (TPSA) is 54.0 Å². The molecule has 3 rings (SSSR count). The molecule has 0 amide bonds. The quantitative estimate of drug-likeness (QED) is 0.793. The number of piperidine rings is 1. The van der Waals surface area contributed by atoms with Crippen molar-refractivity contribution in [1.82, 2.24) is 4.90 Å². The van der Waals surface area contributed by atoms with Gasteiger partial charge in [-0.25, -0.2) is 0 Å². The SMILES string of the molecule is CCOc1ccc(NC2CCN(CC3CCCO3)CC2C)cc1CO. The standard InChI is InChI=1S/C20H32N2O3/c1-3-24-20-7-6-17(11-16(20)14-23)21-19-8-9-22(12-15(19)2)13-18-5-4-10-25-18/h6-7,11,15,18-19,21,23H,3-5,8-10,12-14H2,1-2H3. The summed E-state index contributed by atoms with van der Waals surface area (Å²) in [6, 6.07) is 6.48. The van der Waals surface area contributed by atoms with Gasteiger partial charge in [0.05, 0.1) is 19.3 Å². The van der Waals surface area contributed by atoms with Crippen molar-refractivity contribution < 1.29 is 14.6 Å². The van der Waals surface area contributed by atoms with Crippen molar-refractivity contribution in [3.05, 3.63) is 23.8 Å². The molecule has 3 unspecified atom stereocenters. The lowest BCUT2D eigenvalue weighted by Crippen LogP contribution is -2.47. The average Bonchev–Trinajstić information content (AvgIpc) is 3.12. The lowest BCUT2D eigenvalue weighted by molar-refractivity contribution is 0.0563. The minimum atomic E-state index is 0.000238. The van der Waals surface area contributed by atoms with E-state index in [1.807, 2.05) is 19.1 Å². The van der Waals surface area contributed by atoms with Crippen LogP contribution in [-0.4, -0.2) is 55.0 Å². The molecule has 1 aromatic rings. The van der Waals surface area contributed by atoms with Gasteiger partial charge in [-0.15, -0.1) is 0 Å². The molecule has 1 aromatic carbocycles. The molecule has 2 heterocycles. The van der Waals surface area contributed by atoms with E-state index in [0.29, 0.717) is 24.7 Å². The molecule has 3 atom stereocenters. The third kappa shape index (κ3) is 4.87. The molecule has 2 saturated heterocycles. The largest absolute Gasteiger partial charge is 0.494 e. The van der Waals surface area contributed by atoms with Crippen molar-refractivity contribution >= 4 is 5.69 Å². The van der Waals surface area contributed by atoms with Crippen LogP contribution in [0.1, 0.15) is 38.7 Å². The maximum atomic E-state index is 9.57. The predicted octanol–water partition coefficient (Wildman–Crippen LogP) is 2.88. The number of aliphatic hydroxyl groups excluding tert-OH is 1. The molecule has 5 heteroatoms. The second-order valence-electron chi connectivity index (χ2n) is 7.33. The van der Waals surface area contributed by atoms with Crippen LogP contribution in [0.5, 0.6) is 5.75 Å². The molecule has 0 spiro atoms. The van der Waals surface area contributed by atoms with E-state index in [-0.39, 0.29) is 6.61 Å². The van der Waals surface area contributed by atoms with Crippen molar-refractivity contribution in [3.8, 4) is 5.75 Å². The van der Waals surface area contributed by atoms with Gasteiger partial charge in [-0.2, -0.15) is 0 Å². The van der Waals surface area contributed by atoms with Crippen LogP contribution < -0.4 is 10.1 Å². The highest BCUT2D eigenvalue weighted by atomic mass is 16.5. The van der Waals surface area contributed by atoms with E-state index in [0.717, 1.165) is 49.7 Å². The Morgan fingerprint density at radius 3 is 2.92 bits per heavy atom. The second-order valence-corrected chi connectivity index (χ2v) is 7.33. The molecule has 0 aliphatic carbocycles. The van der Waals surface area contributed by atoms with Gasteiger partial charge in [-0.05, 0) is 50.3 Å². The van der Waals surface area contributed by atoms with Gasteiger partial charge < -0.3 is 24.8 Å². The maximum Gasteiger partial charge on any atom is 0.124 e. The van der Waals surface area contributed by atoms with Crippen LogP contribution in [0.15, 0.2) is 18.2 Å². The lowest BCUT2D eigenvalue weighted by Gasteiger charge is -2.38. The van der Waals surface area contributed by atoms with Crippen molar-refractivity contribution in [2.45, 2.75) is 51.9 Å². The minimum absolute atomic E-state index is 0.000238. The molecule has 5 nitrogen and oxygen atoms in total. The summed E-state index contributed by atoms with van der Waals surface area (Å²) in [7, 11) is 0. The van der Waals surface area contributed by atoms with E-state index in [2.05, 4.69) is 23.2 Å². The number of anilines is 1. The van der Waals surface area contributed by atoms with Gasteiger partial charge in [0.2, 0.25) is 0 Å². The number of benzene rings is 1. The molecule has 0 radical (unpaired) electrons. The first-order valence-electron chi connectivity index (χ1n) is 9.66.